The van der Waals surface area contributed by atoms with Gasteiger partial charge in [0.1, 0.15) is 5.60 Å². The van der Waals surface area contributed by atoms with Gasteiger partial charge in [0.2, 0.25) is 0 Å². The number of epoxide rings is 1. The molecule has 11 heavy (non-hydrogen) atoms. The van der Waals surface area contributed by atoms with E-state index in [1.807, 2.05) is 0 Å². The minimum Gasteiger partial charge on any atom is -0.373 e. The van der Waals surface area contributed by atoms with Gasteiger partial charge in [0, 0.05) is 0 Å². The number of hydrogen-bond donors (Lipinski definition) is 0. The Balaban J connectivity index is 2.20. The van der Waals surface area contributed by atoms with E-state index in [1.165, 1.54) is 0 Å². The molecule has 1 aliphatic heterocycles. The van der Waals surface area contributed by atoms with Crippen LogP contribution in [0.2, 0.25) is 0 Å². The molecule has 2 nitrogen and oxygen atoms in total. The SMILES string of the molecule is CCC(C)(C)OCC1(C)CO1. The zero-order valence-electron chi connectivity index (χ0n) is 7.94. The summed E-state index contributed by atoms with van der Waals surface area (Å²) in [7, 11) is 0. The first-order chi connectivity index (χ1) is 4.97. The van der Waals surface area contributed by atoms with E-state index in [-0.39, 0.29) is 11.2 Å². The van der Waals surface area contributed by atoms with Gasteiger partial charge in [-0.1, -0.05) is 6.92 Å². The summed E-state index contributed by atoms with van der Waals surface area (Å²) >= 11 is 0. The van der Waals surface area contributed by atoms with E-state index < -0.39 is 0 Å². The molecule has 0 N–H and O–H groups in total. The van der Waals surface area contributed by atoms with Gasteiger partial charge >= 0.3 is 0 Å². The standard InChI is InChI=1S/C9H18O2/c1-5-8(2,3)10-6-9(4)7-11-9/h5-7H2,1-4H3. The van der Waals surface area contributed by atoms with Crippen molar-refractivity contribution in [3.8, 4) is 0 Å². The first kappa shape index (κ1) is 9.01. The highest BCUT2D eigenvalue weighted by Crippen LogP contribution is 2.28. The molecule has 1 atom stereocenters. The van der Waals surface area contributed by atoms with Crippen molar-refractivity contribution in [1.82, 2.24) is 0 Å². The Morgan fingerprint density at radius 1 is 1.55 bits per heavy atom. The van der Waals surface area contributed by atoms with Crippen molar-refractivity contribution in [3.63, 3.8) is 0 Å². The average molecular weight is 158 g/mol. The first-order valence-corrected chi connectivity index (χ1v) is 4.25. The molecular formula is C9H18O2. The topological polar surface area (TPSA) is 21.8 Å². The number of hydrogen-bond acceptors (Lipinski definition) is 2. The maximum atomic E-state index is 5.68. The summed E-state index contributed by atoms with van der Waals surface area (Å²) in [5.41, 5.74) is 0.0431. The summed E-state index contributed by atoms with van der Waals surface area (Å²) < 4.78 is 10.9. The molecule has 0 aromatic heterocycles. The van der Waals surface area contributed by atoms with Crippen LogP contribution in [0.3, 0.4) is 0 Å². The molecule has 0 aromatic rings. The highest BCUT2D eigenvalue weighted by molar-refractivity contribution is 4.87. The minimum atomic E-state index is 0.00889. The zero-order valence-corrected chi connectivity index (χ0v) is 7.94. The second kappa shape index (κ2) is 2.76. The molecule has 1 aliphatic rings. The van der Waals surface area contributed by atoms with Crippen LogP contribution in [0, 0.1) is 0 Å². The van der Waals surface area contributed by atoms with Crippen LogP contribution in [0.5, 0.6) is 0 Å². The lowest BCUT2D eigenvalue weighted by Crippen LogP contribution is -2.28. The highest BCUT2D eigenvalue weighted by Gasteiger charge is 2.40. The van der Waals surface area contributed by atoms with Crippen molar-refractivity contribution < 1.29 is 9.47 Å². The predicted molar refractivity (Wildman–Crippen MR) is 44.7 cm³/mol. The van der Waals surface area contributed by atoms with Crippen LogP contribution >= 0.6 is 0 Å². The van der Waals surface area contributed by atoms with Crippen LogP contribution in [0.4, 0.5) is 0 Å². The van der Waals surface area contributed by atoms with E-state index in [0.717, 1.165) is 19.6 Å². The smallest absolute Gasteiger partial charge is 0.112 e. The Morgan fingerprint density at radius 2 is 2.09 bits per heavy atom. The molecular weight excluding hydrogens is 140 g/mol. The average Bonchev–Trinajstić information content (AvgIpc) is 2.66. The van der Waals surface area contributed by atoms with Gasteiger partial charge in [0.05, 0.1) is 18.8 Å². The summed E-state index contributed by atoms with van der Waals surface area (Å²) in [6.07, 6.45) is 1.04. The van der Waals surface area contributed by atoms with Crippen LogP contribution in [0.25, 0.3) is 0 Å². The van der Waals surface area contributed by atoms with Crippen LogP contribution in [0.1, 0.15) is 34.1 Å². The van der Waals surface area contributed by atoms with Gasteiger partial charge in [-0.2, -0.15) is 0 Å². The lowest BCUT2D eigenvalue weighted by Gasteiger charge is -2.24. The van der Waals surface area contributed by atoms with Crippen LogP contribution in [0.15, 0.2) is 0 Å². The molecule has 1 saturated heterocycles. The van der Waals surface area contributed by atoms with Crippen molar-refractivity contribution in [1.29, 1.82) is 0 Å². The summed E-state index contributed by atoms with van der Waals surface area (Å²) in [4.78, 5) is 0. The van der Waals surface area contributed by atoms with Gasteiger partial charge in [0.25, 0.3) is 0 Å². The van der Waals surface area contributed by atoms with Crippen molar-refractivity contribution in [2.24, 2.45) is 0 Å². The molecule has 1 unspecified atom stereocenters. The van der Waals surface area contributed by atoms with Crippen LogP contribution < -0.4 is 0 Å². The van der Waals surface area contributed by atoms with E-state index in [2.05, 4.69) is 27.7 Å². The summed E-state index contributed by atoms with van der Waals surface area (Å²) in [5, 5.41) is 0. The van der Waals surface area contributed by atoms with Gasteiger partial charge in [-0.05, 0) is 27.2 Å². The van der Waals surface area contributed by atoms with Crippen LogP contribution in [-0.4, -0.2) is 24.4 Å². The second-order valence-corrected chi connectivity index (χ2v) is 4.14. The van der Waals surface area contributed by atoms with Crippen molar-refractivity contribution in [2.45, 2.75) is 45.3 Å². The summed E-state index contributed by atoms with van der Waals surface area (Å²) in [5.74, 6) is 0. The van der Waals surface area contributed by atoms with Gasteiger partial charge in [0.15, 0.2) is 0 Å². The van der Waals surface area contributed by atoms with Crippen molar-refractivity contribution in [2.75, 3.05) is 13.2 Å². The molecule has 0 amide bonds. The first-order valence-electron chi connectivity index (χ1n) is 4.25. The molecule has 66 valence electrons. The Labute approximate surface area is 68.9 Å². The van der Waals surface area contributed by atoms with Gasteiger partial charge in [-0.15, -0.1) is 0 Å². The third-order valence-corrected chi connectivity index (χ3v) is 2.26. The second-order valence-electron chi connectivity index (χ2n) is 4.14. The quantitative estimate of drug-likeness (QED) is 0.583. The Bertz CT molecular complexity index is 136. The molecule has 0 aliphatic carbocycles. The molecule has 0 spiro atoms. The molecule has 0 aromatic carbocycles. The number of rotatable bonds is 4. The van der Waals surface area contributed by atoms with E-state index in [1.54, 1.807) is 0 Å². The third kappa shape index (κ3) is 2.80. The molecule has 0 radical (unpaired) electrons. The molecule has 1 fully saturated rings. The fourth-order valence-corrected chi connectivity index (χ4v) is 0.657. The molecule has 2 heteroatoms. The lowest BCUT2D eigenvalue weighted by atomic mass is 10.1. The fourth-order valence-electron chi connectivity index (χ4n) is 0.657. The highest BCUT2D eigenvalue weighted by atomic mass is 16.6. The van der Waals surface area contributed by atoms with Crippen molar-refractivity contribution >= 4 is 0 Å². The van der Waals surface area contributed by atoms with Crippen molar-refractivity contribution in [3.05, 3.63) is 0 Å². The van der Waals surface area contributed by atoms with E-state index >= 15 is 0 Å². The molecule has 1 rings (SSSR count). The van der Waals surface area contributed by atoms with E-state index in [9.17, 15) is 0 Å². The Morgan fingerprint density at radius 3 is 2.45 bits per heavy atom. The maximum Gasteiger partial charge on any atom is 0.112 e. The normalized spacial score (nSPS) is 30.5. The molecule has 0 bridgehead atoms. The predicted octanol–water partition coefficient (Wildman–Crippen LogP) is 1.98. The fraction of sp³-hybridized carbons (Fsp3) is 1.00. The maximum absolute atomic E-state index is 5.68. The lowest BCUT2D eigenvalue weighted by molar-refractivity contribution is -0.0415. The van der Waals surface area contributed by atoms with E-state index in [4.69, 9.17) is 9.47 Å². The van der Waals surface area contributed by atoms with Gasteiger partial charge in [-0.25, -0.2) is 0 Å². The van der Waals surface area contributed by atoms with E-state index in [0.29, 0.717) is 0 Å². The summed E-state index contributed by atoms with van der Waals surface area (Å²) in [6, 6.07) is 0. The van der Waals surface area contributed by atoms with Crippen LogP contribution in [-0.2, 0) is 9.47 Å². The minimum absolute atomic E-state index is 0.00889. The Hall–Kier alpha value is -0.0800. The number of ether oxygens (including phenoxy) is 2. The Kier molecular flexibility index (Phi) is 2.26. The monoisotopic (exact) mass is 158 g/mol. The van der Waals surface area contributed by atoms with Gasteiger partial charge in [-0.3, -0.25) is 0 Å². The third-order valence-electron chi connectivity index (χ3n) is 2.26. The summed E-state index contributed by atoms with van der Waals surface area (Å²) in [6.45, 7) is 10.0. The molecule has 1 heterocycles. The molecule has 0 saturated carbocycles. The van der Waals surface area contributed by atoms with Gasteiger partial charge < -0.3 is 9.47 Å². The zero-order chi connectivity index (χ0) is 8.54. The largest absolute Gasteiger partial charge is 0.373 e.